The highest BCUT2D eigenvalue weighted by atomic mass is 16.3. The fraction of sp³-hybridized carbons (Fsp3) is 0.364. The molecule has 2 aromatic carbocycles. The lowest BCUT2D eigenvalue weighted by Crippen LogP contribution is -2.67. The molecule has 2 N–H and O–H groups in total. The van der Waals surface area contributed by atoms with Crippen LogP contribution < -0.4 is 5.32 Å². The first-order valence-electron chi connectivity index (χ1n) is 9.35. The van der Waals surface area contributed by atoms with E-state index in [9.17, 15) is 15.2 Å². The normalized spacial score (nSPS) is 21.3. The van der Waals surface area contributed by atoms with Crippen molar-refractivity contribution >= 4 is 6.03 Å². The number of nitriles is 1. The lowest BCUT2D eigenvalue weighted by Gasteiger charge is -2.51. The third-order valence-corrected chi connectivity index (χ3v) is 5.17. The van der Waals surface area contributed by atoms with Gasteiger partial charge in [0.1, 0.15) is 6.04 Å². The van der Waals surface area contributed by atoms with Gasteiger partial charge in [0.2, 0.25) is 0 Å². The Morgan fingerprint density at radius 2 is 1.93 bits per heavy atom. The number of nitrogens with one attached hydrogen (secondary N) is 1. The molecule has 0 aromatic heterocycles. The number of aliphatic hydroxyl groups excluding tert-OH is 1. The molecule has 3 atom stereocenters. The van der Waals surface area contributed by atoms with Gasteiger partial charge in [-0.3, -0.25) is 0 Å². The second kappa shape index (κ2) is 8.24. The van der Waals surface area contributed by atoms with Crippen LogP contribution in [0.5, 0.6) is 0 Å². The predicted octanol–water partition coefficient (Wildman–Crippen LogP) is 3.43. The average molecular weight is 363 g/mol. The number of aryl methyl sites for hydroxylation is 1. The van der Waals surface area contributed by atoms with Crippen LogP contribution in [0.4, 0.5) is 4.79 Å². The minimum atomic E-state index is -0.592. The summed E-state index contributed by atoms with van der Waals surface area (Å²) in [6.07, 6.45) is 0.820. The van der Waals surface area contributed by atoms with E-state index in [1.165, 1.54) is 10.5 Å². The van der Waals surface area contributed by atoms with Crippen LogP contribution in [0.2, 0.25) is 0 Å². The maximum Gasteiger partial charge on any atom is 0.318 e. The molecule has 0 radical (unpaired) electrons. The first kappa shape index (κ1) is 18.9. The molecule has 0 unspecified atom stereocenters. The van der Waals surface area contributed by atoms with Crippen LogP contribution in [0.25, 0.3) is 11.1 Å². The van der Waals surface area contributed by atoms with E-state index in [1.807, 2.05) is 38.1 Å². The van der Waals surface area contributed by atoms with Gasteiger partial charge >= 0.3 is 6.03 Å². The second-order valence-electron chi connectivity index (χ2n) is 6.94. The summed E-state index contributed by atoms with van der Waals surface area (Å²) in [5.41, 5.74) is 4.28. The zero-order chi connectivity index (χ0) is 19.4. The van der Waals surface area contributed by atoms with Crippen molar-refractivity contribution in [2.75, 3.05) is 13.2 Å². The van der Waals surface area contributed by atoms with E-state index in [4.69, 9.17) is 0 Å². The Bertz CT molecular complexity index is 841. The number of rotatable bonds is 5. The van der Waals surface area contributed by atoms with Gasteiger partial charge in [0, 0.05) is 12.5 Å². The van der Waals surface area contributed by atoms with Gasteiger partial charge in [0.05, 0.1) is 18.7 Å². The van der Waals surface area contributed by atoms with E-state index in [1.54, 1.807) is 0 Å². The van der Waals surface area contributed by atoms with Gasteiger partial charge in [-0.1, -0.05) is 61.0 Å². The summed E-state index contributed by atoms with van der Waals surface area (Å²) in [7, 11) is 0. The van der Waals surface area contributed by atoms with Crippen molar-refractivity contribution in [3.63, 3.8) is 0 Å². The predicted molar refractivity (Wildman–Crippen MR) is 105 cm³/mol. The fourth-order valence-electron chi connectivity index (χ4n) is 3.77. The zero-order valence-electron chi connectivity index (χ0n) is 15.7. The van der Waals surface area contributed by atoms with Crippen molar-refractivity contribution in [2.45, 2.75) is 38.3 Å². The molecule has 0 spiro atoms. The zero-order valence-corrected chi connectivity index (χ0v) is 15.7. The Morgan fingerprint density at radius 3 is 2.56 bits per heavy atom. The summed E-state index contributed by atoms with van der Waals surface area (Å²) >= 11 is 0. The topological polar surface area (TPSA) is 76.4 Å². The van der Waals surface area contributed by atoms with E-state index in [0.717, 1.165) is 23.1 Å². The number of urea groups is 1. The first-order valence-corrected chi connectivity index (χ1v) is 9.35. The lowest BCUT2D eigenvalue weighted by atomic mass is 9.73. The Balaban J connectivity index is 1.95. The summed E-state index contributed by atoms with van der Waals surface area (Å²) in [5, 5.41) is 22.5. The average Bonchev–Trinajstić information content (AvgIpc) is 2.67. The second-order valence-corrected chi connectivity index (χ2v) is 6.94. The van der Waals surface area contributed by atoms with Crippen LogP contribution in [0.1, 0.15) is 30.4 Å². The third-order valence-electron chi connectivity index (χ3n) is 5.17. The quantitative estimate of drug-likeness (QED) is 0.854. The van der Waals surface area contributed by atoms with E-state index >= 15 is 0 Å². The molecule has 2 amide bonds. The molecule has 1 aliphatic rings. The molecule has 1 saturated heterocycles. The van der Waals surface area contributed by atoms with Crippen LogP contribution in [0.3, 0.4) is 0 Å². The molecule has 5 heteroatoms. The number of hydrogen-bond acceptors (Lipinski definition) is 3. The van der Waals surface area contributed by atoms with E-state index in [0.29, 0.717) is 6.54 Å². The van der Waals surface area contributed by atoms with Crippen molar-refractivity contribution in [3.8, 4) is 17.2 Å². The molecule has 0 saturated carbocycles. The standard InChI is InChI=1S/C22H25N3O2/c1-3-12-24-22(27)25-19(13-23)21(20(25)14-26)18-7-5-4-6-17(18)16-10-8-15(2)9-11-16/h4-11,19-21,26H,3,12,14H2,1-2H3,(H,24,27)/t19-,20-,21+/m0/s1. The monoisotopic (exact) mass is 363 g/mol. The van der Waals surface area contributed by atoms with Gasteiger partial charge in [-0.25, -0.2) is 4.79 Å². The number of carbonyl (C=O) groups excluding carboxylic acids is 1. The van der Waals surface area contributed by atoms with Gasteiger partial charge in [0.15, 0.2) is 0 Å². The molecule has 1 aliphatic heterocycles. The number of amides is 2. The van der Waals surface area contributed by atoms with Crippen molar-refractivity contribution < 1.29 is 9.90 Å². The SMILES string of the molecule is CCCNC(=O)N1[C@@H](C#N)[C@@H](c2ccccc2-c2ccc(C)cc2)[C@@H]1CO. The maximum absolute atomic E-state index is 12.4. The number of nitrogens with zero attached hydrogens (tertiary/aromatic N) is 2. The smallest absolute Gasteiger partial charge is 0.318 e. The summed E-state index contributed by atoms with van der Waals surface area (Å²) < 4.78 is 0. The molecule has 0 aliphatic carbocycles. The van der Waals surface area contributed by atoms with Crippen LogP contribution in [0.15, 0.2) is 48.5 Å². The fourth-order valence-corrected chi connectivity index (χ4v) is 3.77. The van der Waals surface area contributed by atoms with E-state index < -0.39 is 12.1 Å². The molecule has 27 heavy (non-hydrogen) atoms. The molecule has 1 heterocycles. The first-order chi connectivity index (χ1) is 13.1. The van der Waals surface area contributed by atoms with Crippen LogP contribution in [-0.4, -0.2) is 41.3 Å². The van der Waals surface area contributed by atoms with E-state index in [2.05, 4.69) is 35.7 Å². The minimum absolute atomic E-state index is 0.176. The Kier molecular flexibility index (Phi) is 5.78. The molecular weight excluding hydrogens is 338 g/mol. The number of aliphatic hydroxyl groups is 1. The third kappa shape index (κ3) is 3.54. The number of carbonyl (C=O) groups is 1. The highest BCUT2D eigenvalue weighted by Crippen LogP contribution is 2.43. The summed E-state index contributed by atoms with van der Waals surface area (Å²) in [4.78, 5) is 13.9. The van der Waals surface area contributed by atoms with Gasteiger partial charge in [0.25, 0.3) is 0 Å². The number of likely N-dealkylation sites (tertiary alicyclic amines) is 1. The maximum atomic E-state index is 12.4. The van der Waals surface area contributed by atoms with Crippen molar-refractivity contribution in [1.29, 1.82) is 5.26 Å². The van der Waals surface area contributed by atoms with Gasteiger partial charge in [-0.2, -0.15) is 5.26 Å². The molecule has 5 nitrogen and oxygen atoms in total. The summed E-state index contributed by atoms with van der Waals surface area (Å²) in [6.45, 7) is 4.39. The molecule has 2 aromatic rings. The highest BCUT2D eigenvalue weighted by molar-refractivity contribution is 5.78. The van der Waals surface area contributed by atoms with Crippen molar-refractivity contribution in [1.82, 2.24) is 10.2 Å². The largest absolute Gasteiger partial charge is 0.394 e. The molecular formula is C22H25N3O2. The van der Waals surface area contributed by atoms with Gasteiger partial charge in [-0.05, 0) is 30.0 Å². The van der Waals surface area contributed by atoms with Gasteiger partial charge < -0.3 is 15.3 Å². The summed E-state index contributed by atoms with van der Waals surface area (Å²) in [5.74, 6) is -0.218. The van der Waals surface area contributed by atoms with Crippen molar-refractivity contribution in [2.24, 2.45) is 0 Å². The lowest BCUT2D eigenvalue weighted by molar-refractivity contribution is 0.0171. The Morgan fingerprint density at radius 1 is 1.22 bits per heavy atom. The Hall–Kier alpha value is -2.84. The van der Waals surface area contributed by atoms with E-state index in [-0.39, 0.29) is 18.6 Å². The number of hydrogen-bond donors (Lipinski definition) is 2. The van der Waals surface area contributed by atoms with Crippen LogP contribution in [0, 0.1) is 18.3 Å². The van der Waals surface area contributed by atoms with Gasteiger partial charge in [-0.15, -0.1) is 0 Å². The molecule has 0 bridgehead atoms. The number of benzene rings is 2. The minimum Gasteiger partial charge on any atom is -0.394 e. The van der Waals surface area contributed by atoms with Crippen LogP contribution in [-0.2, 0) is 0 Å². The molecule has 140 valence electrons. The summed E-state index contributed by atoms with van der Waals surface area (Å²) in [6, 6.07) is 17.2. The molecule has 3 rings (SSSR count). The van der Waals surface area contributed by atoms with Crippen molar-refractivity contribution in [3.05, 3.63) is 59.7 Å². The molecule has 1 fully saturated rings. The van der Waals surface area contributed by atoms with Crippen LogP contribution >= 0.6 is 0 Å². The Labute approximate surface area is 160 Å². The highest BCUT2D eigenvalue weighted by Gasteiger charge is 2.52.